The molecule has 2 heterocycles. The summed E-state index contributed by atoms with van der Waals surface area (Å²) >= 11 is 5.89. The van der Waals surface area contributed by atoms with Crippen molar-refractivity contribution in [1.82, 2.24) is 15.0 Å². The summed E-state index contributed by atoms with van der Waals surface area (Å²) in [4.78, 5) is 13.1. The van der Waals surface area contributed by atoms with E-state index in [0.717, 1.165) is 5.56 Å². The highest BCUT2D eigenvalue weighted by atomic mass is 35.5. The molecule has 0 aliphatic carbocycles. The Hall–Kier alpha value is -4.18. The number of hydrogen-bond acceptors (Lipinski definition) is 7. The highest BCUT2D eigenvalue weighted by Crippen LogP contribution is 2.24. The Kier molecular flexibility index (Phi) is 6.88. The summed E-state index contributed by atoms with van der Waals surface area (Å²) in [5.74, 6) is 0.891. The predicted octanol–water partition coefficient (Wildman–Crippen LogP) is 6.28. The molecule has 7 nitrogen and oxygen atoms in total. The molecule has 0 amide bonds. The Balaban J connectivity index is 1.53. The number of halogens is 4. The Morgan fingerprint density at radius 3 is 2.35 bits per heavy atom. The maximum Gasteiger partial charge on any atom is 0.573 e. The smallest absolute Gasteiger partial charge is 0.406 e. The van der Waals surface area contributed by atoms with E-state index < -0.39 is 6.36 Å². The normalized spacial score (nSPS) is 11.4. The lowest BCUT2D eigenvalue weighted by Crippen LogP contribution is -2.17. The van der Waals surface area contributed by atoms with E-state index >= 15 is 0 Å². The van der Waals surface area contributed by atoms with Gasteiger partial charge in [0, 0.05) is 17.8 Å². The van der Waals surface area contributed by atoms with E-state index in [1.807, 2.05) is 30.3 Å². The summed E-state index contributed by atoms with van der Waals surface area (Å²) < 4.78 is 40.7. The summed E-state index contributed by atoms with van der Waals surface area (Å²) in [6.45, 7) is 0. The minimum Gasteiger partial charge on any atom is -0.406 e. The van der Waals surface area contributed by atoms with Crippen LogP contribution in [0, 0.1) is 0 Å². The van der Waals surface area contributed by atoms with Crippen LogP contribution in [0.4, 0.5) is 30.8 Å². The van der Waals surface area contributed by atoms with E-state index in [4.69, 9.17) is 11.6 Å². The maximum atomic E-state index is 12.3. The number of alkyl halides is 3. The van der Waals surface area contributed by atoms with Crippen molar-refractivity contribution >= 4 is 35.4 Å². The van der Waals surface area contributed by atoms with Crippen LogP contribution in [0.3, 0.4) is 0 Å². The van der Waals surface area contributed by atoms with Gasteiger partial charge in [-0.1, -0.05) is 41.9 Å². The first-order chi connectivity index (χ1) is 16.3. The standard InChI is InChI=1S/C23H16ClF3N6O/c24-17-8-11-20(28-14-17)31-21-12-19(16-4-2-1-3-5-16)30-22(32-21)33-29-13-15-6-9-18(10-7-15)34-23(25,26)27/h1-14H,(H2,28,30,31,32,33). The lowest BCUT2D eigenvalue weighted by atomic mass is 10.1. The van der Waals surface area contributed by atoms with Crippen LogP contribution in [0.5, 0.6) is 5.75 Å². The van der Waals surface area contributed by atoms with Gasteiger partial charge in [-0.2, -0.15) is 10.1 Å². The Morgan fingerprint density at radius 1 is 0.912 bits per heavy atom. The van der Waals surface area contributed by atoms with Crippen molar-refractivity contribution < 1.29 is 17.9 Å². The first-order valence-electron chi connectivity index (χ1n) is 9.82. The zero-order valence-corrected chi connectivity index (χ0v) is 18.0. The van der Waals surface area contributed by atoms with Gasteiger partial charge in [-0.3, -0.25) is 0 Å². The van der Waals surface area contributed by atoms with Gasteiger partial charge in [-0.05, 0) is 42.0 Å². The monoisotopic (exact) mass is 484 g/mol. The molecule has 2 N–H and O–H groups in total. The lowest BCUT2D eigenvalue weighted by Gasteiger charge is -2.10. The zero-order chi connectivity index (χ0) is 24.0. The topological polar surface area (TPSA) is 84.3 Å². The van der Waals surface area contributed by atoms with Gasteiger partial charge in [0.05, 0.1) is 16.9 Å². The van der Waals surface area contributed by atoms with Crippen molar-refractivity contribution in [3.8, 4) is 17.0 Å². The Labute approximate surface area is 197 Å². The van der Waals surface area contributed by atoms with Gasteiger partial charge in [0.1, 0.15) is 17.4 Å². The van der Waals surface area contributed by atoms with Crippen LogP contribution in [-0.4, -0.2) is 27.5 Å². The summed E-state index contributed by atoms with van der Waals surface area (Å²) in [5, 5.41) is 7.69. The fourth-order valence-electron chi connectivity index (χ4n) is 2.82. The van der Waals surface area contributed by atoms with Gasteiger partial charge in [-0.15, -0.1) is 13.2 Å². The number of rotatable bonds is 7. The van der Waals surface area contributed by atoms with E-state index in [9.17, 15) is 13.2 Å². The molecule has 0 saturated heterocycles. The van der Waals surface area contributed by atoms with Crippen LogP contribution in [0.25, 0.3) is 11.3 Å². The van der Waals surface area contributed by atoms with Gasteiger partial charge in [0.15, 0.2) is 0 Å². The fraction of sp³-hybridized carbons (Fsp3) is 0.0435. The number of hydrogen-bond donors (Lipinski definition) is 2. The molecule has 11 heteroatoms. The van der Waals surface area contributed by atoms with Crippen LogP contribution in [-0.2, 0) is 0 Å². The Morgan fingerprint density at radius 2 is 1.68 bits per heavy atom. The number of pyridine rings is 1. The summed E-state index contributed by atoms with van der Waals surface area (Å²) in [6.07, 6.45) is -1.81. The molecule has 0 saturated carbocycles. The first kappa shape index (κ1) is 23.0. The van der Waals surface area contributed by atoms with Gasteiger partial charge in [0.25, 0.3) is 0 Å². The first-order valence-corrected chi connectivity index (χ1v) is 10.2. The van der Waals surface area contributed by atoms with E-state index in [1.165, 1.54) is 36.7 Å². The molecular formula is C23H16ClF3N6O. The van der Waals surface area contributed by atoms with Crippen LogP contribution < -0.4 is 15.5 Å². The quantitative estimate of drug-likeness (QED) is 0.237. The number of aromatic nitrogens is 3. The molecule has 34 heavy (non-hydrogen) atoms. The second kappa shape index (κ2) is 10.2. The second-order valence-corrected chi connectivity index (χ2v) is 7.24. The minimum atomic E-state index is -4.74. The van der Waals surface area contributed by atoms with Crippen molar-refractivity contribution in [3.63, 3.8) is 0 Å². The molecular weight excluding hydrogens is 469 g/mol. The van der Waals surface area contributed by atoms with Gasteiger partial charge in [0.2, 0.25) is 5.95 Å². The van der Waals surface area contributed by atoms with Crippen LogP contribution >= 0.6 is 11.6 Å². The molecule has 0 fully saturated rings. The molecule has 0 bridgehead atoms. The van der Waals surface area contributed by atoms with Crippen molar-refractivity contribution in [2.45, 2.75) is 6.36 Å². The average Bonchev–Trinajstić information content (AvgIpc) is 2.81. The molecule has 0 radical (unpaired) electrons. The van der Waals surface area contributed by atoms with Gasteiger partial charge < -0.3 is 10.1 Å². The molecule has 4 rings (SSSR count). The van der Waals surface area contributed by atoms with E-state index in [-0.39, 0.29) is 11.7 Å². The van der Waals surface area contributed by atoms with Gasteiger partial charge in [-0.25, -0.2) is 15.4 Å². The summed E-state index contributed by atoms with van der Waals surface area (Å²) in [7, 11) is 0. The number of nitrogens with zero attached hydrogens (tertiary/aromatic N) is 4. The van der Waals surface area contributed by atoms with E-state index in [2.05, 4.69) is 35.5 Å². The third-order valence-corrected chi connectivity index (χ3v) is 4.49. The van der Waals surface area contributed by atoms with E-state index in [0.29, 0.717) is 27.9 Å². The lowest BCUT2D eigenvalue weighted by molar-refractivity contribution is -0.274. The van der Waals surface area contributed by atoms with Crippen LogP contribution in [0.2, 0.25) is 5.02 Å². The van der Waals surface area contributed by atoms with E-state index in [1.54, 1.807) is 18.2 Å². The third-order valence-electron chi connectivity index (χ3n) is 4.27. The number of ether oxygens (including phenoxy) is 1. The number of nitrogens with one attached hydrogen (secondary N) is 2. The zero-order valence-electron chi connectivity index (χ0n) is 17.3. The molecule has 2 aromatic carbocycles. The minimum absolute atomic E-state index is 0.200. The maximum absolute atomic E-state index is 12.3. The molecule has 0 atom stereocenters. The van der Waals surface area contributed by atoms with Crippen LogP contribution in [0.1, 0.15) is 5.56 Å². The van der Waals surface area contributed by atoms with Crippen molar-refractivity contribution in [2.24, 2.45) is 5.10 Å². The average molecular weight is 485 g/mol. The van der Waals surface area contributed by atoms with Crippen molar-refractivity contribution in [1.29, 1.82) is 0 Å². The van der Waals surface area contributed by atoms with Crippen LogP contribution in [0.15, 0.2) is 84.1 Å². The Bertz CT molecular complexity index is 1270. The van der Waals surface area contributed by atoms with Crippen molar-refractivity contribution in [3.05, 3.63) is 89.6 Å². The molecule has 0 unspecified atom stereocenters. The summed E-state index contributed by atoms with van der Waals surface area (Å²) in [5.41, 5.74) is 4.79. The largest absolute Gasteiger partial charge is 0.573 e. The summed E-state index contributed by atoms with van der Waals surface area (Å²) in [6, 6.07) is 19.9. The number of hydrazone groups is 1. The van der Waals surface area contributed by atoms with Gasteiger partial charge >= 0.3 is 6.36 Å². The highest BCUT2D eigenvalue weighted by Gasteiger charge is 2.30. The predicted molar refractivity (Wildman–Crippen MR) is 124 cm³/mol. The van der Waals surface area contributed by atoms with Crippen molar-refractivity contribution in [2.75, 3.05) is 10.7 Å². The molecule has 0 aliphatic rings. The molecule has 172 valence electrons. The highest BCUT2D eigenvalue weighted by molar-refractivity contribution is 6.30. The molecule has 0 spiro atoms. The number of benzene rings is 2. The number of anilines is 3. The fourth-order valence-corrected chi connectivity index (χ4v) is 2.93. The molecule has 4 aromatic rings. The third kappa shape index (κ3) is 6.66. The SMILES string of the molecule is FC(F)(F)Oc1ccc(C=NNc2nc(Nc3ccc(Cl)cn3)cc(-c3ccccc3)n2)cc1. The molecule has 2 aromatic heterocycles. The molecule has 0 aliphatic heterocycles. The second-order valence-electron chi connectivity index (χ2n) is 6.80.